The number of ether oxygens (including phenoxy) is 1. The lowest BCUT2D eigenvalue weighted by Crippen LogP contribution is -2.46. The highest BCUT2D eigenvalue weighted by atomic mass is 16.6. The van der Waals surface area contributed by atoms with Gasteiger partial charge in [-0.1, -0.05) is 33.1 Å². The maximum absolute atomic E-state index is 12.3. The van der Waals surface area contributed by atoms with Gasteiger partial charge < -0.3 is 15.0 Å². The van der Waals surface area contributed by atoms with Crippen LogP contribution in [0.15, 0.2) is 0 Å². The first-order valence-corrected chi connectivity index (χ1v) is 8.78. The summed E-state index contributed by atoms with van der Waals surface area (Å²) in [4.78, 5) is 25.9. The predicted molar refractivity (Wildman–Crippen MR) is 85.5 cm³/mol. The third-order valence-electron chi connectivity index (χ3n) is 4.62. The van der Waals surface area contributed by atoms with Gasteiger partial charge in [0.05, 0.1) is 6.61 Å². The molecule has 5 heteroatoms. The maximum atomic E-state index is 12.3. The molecule has 0 unspecified atom stereocenters. The van der Waals surface area contributed by atoms with E-state index in [1.165, 1.54) is 19.3 Å². The molecule has 0 radical (unpaired) electrons. The van der Waals surface area contributed by atoms with Crippen LogP contribution in [0.25, 0.3) is 0 Å². The minimum Gasteiger partial charge on any atom is -0.449 e. The molecule has 0 aromatic carbocycles. The van der Waals surface area contributed by atoms with Crippen molar-refractivity contribution in [2.45, 2.75) is 64.8 Å². The van der Waals surface area contributed by atoms with Gasteiger partial charge in [0.1, 0.15) is 0 Å². The smallest absolute Gasteiger partial charge is 0.409 e. The number of nitrogens with one attached hydrogen (secondary N) is 1. The van der Waals surface area contributed by atoms with E-state index in [0.717, 1.165) is 25.7 Å². The average Bonchev–Trinajstić information content (AvgIpc) is 2.53. The number of carbonyl (C=O) groups excluding carboxylic acids is 2. The van der Waals surface area contributed by atoms with Crippen molar-refractivity contribution in [2.75, 3.05) is 19.7 Å². The van der Waals surface area contributed by atoms with Gasteiger partial charge in [0, 0.05) is 25.0 Å². The number of rotatable bonds is 4. The quantitative estimate of drug-likeness (QED) is 0.868. The molecule has 2 amide bonds. The van der Waals surface area contributed by atoms with Gasteiger partial charge in [0.2, 0.25) is 5.91 Å². The number of hydrogen-bond acceptors (Lipinski definition) is 3. The van der Waals surface area contributed by atoms with Crippen molar-refractivity contribution in [3.8, 4) is 0 Å². The SMILES string of the molecule is CC(C)COC(=O)N1CCC(C(=O)NC2CCCCC2)CC1. The molecule has 1 N–H and O–H groups in total. The van der Waals surface area contributed by atoms with E-state index >= 15 is 0 Å². The fourth-order valence-electron chi connectivity index (χ4n) is 3.22. The first-order valence-electron chi connectivity index (χ1n) is 8.78. The van der Waals surface area contributed by atoms with E-state index in [4.69, 9.17) is 4.74 Å². The van der Waals surface area contributed by atoms with Gasteiger partial charge in [-0.2, -0.15) is 0 Å². The van der Waals surface area contributed by atoms with Crippen molar-refractivity contribution >= 4 is 12.0 Å². The van der Waals surface area contributed by atoms with Crippen LogP contribution in [0.3, 0.4) is 0 Å². The summed E-state index contributed by atoms with van der Waals surface area (Å²) < 4.78 is 5.25. The summed E-state index contributed by atoms with van der Waals surface area (Å²) in [5.41, 5.74) is 0. The monoisotopic (exact) mass is 310 g/mol. The lowest BCUT2D eigenvalue weighted by atomic mass is 9.92. The molecule has 0 aromatic heterocycles. The number of amides is 2. The molecule has 126 valence electrons. The summed E-state index contributed by atoms with van der Waals surface area (Å²) in [6.45, 7) is 5.75. The number of nitrogens with zero attached hydrogens (tertiary/aromatic N) is 1. The van der Waals surface area contributed by atoms with Crippen molar-refractivity contribution < 1.29 is 14.3 Å². The Labute approximate surface area is 133 Å². The van der Waals surface area contributed by atoms with E-state index in [2.05, 4.69) is 5.32 Å². The Morgan fingerprint density at radius 2 is 1.73 bits per heavy atom. The second-order valence-corrected chi connectivity index (χ2v) is 7.08. The first kappa shape index (κ1) is 17.1. The largest absolute Gasteiger partial charge is 0.449 e. The minimum atomic E-state index is -0.236. The molecule has 0 spiro atoms. The number of carbonyl (C=O) groups is 2. The van der Waals surface area contributed by atoms with Crippen LogP contribution in [0.2, 0.25) is 0 Å². The van der Waals surface area contributed by atoms with Gasteiger partial charge in [0.15, 0.2) is 0 Å². The Morgan fingerprint density at radius 1 is 1.09 bits per heavy atom. The number of hydrogen-bond donors (Lipinski definition) is 1. The van der Waals surface area contributed by atoms with E-state index in [1.807, 2.05) is 13.8 Å². The normalized spacial score (nSPS) is 21.0. The third kappa shape index (κ3) is 5.18. The van der Waals surface area contributed by atoms with E-state index in [1.54, 1.807) is 4.90 Å². The molecule has 2 fully saturated rings. The third-order valence-corrected chi connectivity index (χ3v) is 4.62. The number of piperidine rings is 1. The molecule has 0 aromatic rings. The summed E-state index contributed by atoms with van der Waals surface area (Å²) in [6, 6.07) is 0.371. The fourth-order valence-corrected chi connectivity index (χ4v) is 3.22. The van der Waals surface area contributed by atoms with Gasteiger partial charge in [-0.3, -0.25) is 4.79 Å². The maximum Gasteiger partial charge on any atom is 0.409 e. The van der Waals surface area contributed by atoms with Crippen LogP contribution in [0.1, 0.15) is 58.8 Å². The van der Waals surface area contributed by atoms with Crippen molar-refractivity contribution in [3.63, 3.8) is 0 Å². The van der Waals surface area contributed by atoms with Crippen LogP contribution in [-0.4, -0.2) is 42.6 Å². The van der Waals surface area contributed by atoms with Gasteiger partial charge in [0.25, 0.3) is 0 Å². The Bertz CT molecular complexity index is 370. The molecule has 2 aliphatic rings. The van der Waals surface area contributed by atoms with Gasteiger partial charge in [-0.05, 0) is 31.6 Å². The molecule has 0 bridgehead atoms. The summed E-state index contributed by atoms with van der Waals surface area (Å²) in [5.74, 6) is 0.584. The zero-order chi connectivity index (χ0) is 15.9. The summed E-state index contributed by atoms with van der Waals surface area (Å²) in [5, 5.41) is 3.20. The summed E-state index contributed by atoms with van der Waals surface area (Å²) in [6.07, 6.45) is 7.24. The van der Waals surface area contributed by atoms with Gasteiger partial charge in [-0.25, -0.2) is 4.79 Å². The van der Waals surface area contributed by atoms with E-state index < -0.39 is 0 Å². The minimum absolute atomic E-state index is 0.0519. The van der Waals surface area contributed by atoms with Gasteiger partial charge >= 0.3 is 6.09 Å². The zero-order valence-corrected chi connectivity index (χ0v) is 14.0. The highest BCUT2D eigenvalue weighted by Crippen LogP contribution is 2.21. The van der Waals surface area contributed by atoms with E-state index in [-0.39, 0.29) is 17.9 Å². The number of likely N-dealkylation sites (tertiary alicyclic amines) is 1. The van der Waals surface area contributed by atoms with Crippen molar-refractivity contribution in [2.24, 2.45) is 11.8 Å². The lowest BCUT2D eigenvalue weighted by molar-refractivity contribution is -0.127. The zero-order valence-electron chi connectivity index (χ0n) is 14.0. The molecular formula is C17H30N2O3. The van der Waals surface area contributed by atoms with Crippen LogP contribution in [-0.2, 0) is 9.53 Å². The van der Waals surface area contributed by atoms with Crippen LogP contribution in [0, 0.1) is 11.8 Å². The second kappa shape index (κ2) is 8.39. The topological polar surface area (TPSA) is 58.6 Å². The molecule has 22 heavy (non-hydrogen) atoms. The highest BCUT2D eigenvalue weighted by molar-refractivity contribution is 5.79. The predicted octanol–water partition coefficient (Wildman–Crippen LogP) is 2.94. The Morgan fingerprint density at radius 3 is 2.32 bits per heavy atom. The summed E-state index contributed by atoms with van der Waals surface area (Å²) >= 11 is 0. The molecule has 1 heterocycles. The van der Waals surface area contributed by atoms with Crippen LogP contribution >= 0.6 is 0 Å². The molecular weight excluding hydrogens is 280 g/mol. The van der Waals surface area contributed by atoms with E-state index in [9.17, 15) is 9.59 Å². The van der Waals surface area contributed by atoms with Crippen molar-refractivity contribution in [1.29, 1.82) is 0 Å². The summed E-state index contributed by atoms with van der Waals surface area (Å²) in [7, 11) is 0. The molecule has 1 saturated heterocycles. The average molecular weight is 310 g/mol. The molecule has 1 aliphatic heterocycles. The molecule has 1 saturated carbocycles. The standard InChI is InChI=1S/C17H30N2O3/c1-13(2)12-22-17(21)19-10-8-14(9-11-19)16(20)18-15-6-4-3-5-7-15/h13-15H,3-12H2,1-2H3,(H,18,20). The molecule has 1 aliphatic carbocycles. The Hall–Kier alpha value is -1.26. The Balaban J connectivity index is 1.69. The van der Waals surface area contributed by atoms with E-state index in [0.29, 0.717) is 31.7 Å². The fraction of sp³-hybridized carbons (Fsp3) is 0.882. The van der Waals surface area contributed by atoms with Gasteiger partial charge in [-0.15, -0.1) is 0 Å². The molecule has 0 atom stereocenters. The highest BCUT2D eigenvalue weighted by Gasteiger charge is 2.29. The molecule has 2 rings (SSSR count). The van der Waals surface area contributed by atoms with Crippen molar-refractivity contribution in [1.82, 2.24) is 10.2 Å². The van der Waals surface area contributed by atoms with Crippen LogP contribution in [0.4, 0.5) is 4.79 Å². The molecule has 5 nitrogen and oxygen atoms in total. The Kier molecular flexibility index (Phi) is 6.52. The second-order valence-electron chi connectivity index (χ2n) is 7.08. The van der Waals surface area contributed by atoms with Crippen molar-refractivity contribution in [3.05, 3.63) is 0 Å². The first-order chi connectivity index (χ1) is 10.6. The lowest BCUT2D eigenvalue weighted by Gasteiger charge is -2.32. The van der Waals surface area contributed by atoms with Crippen LogP contribution < -0.4 is 5.32 Å². The van der Waals surface area contributed by atoms with Crippen LogP contribution in [0.5, 0.6) is 0 Å².